The molecule has 1 aromatic rings. The van der Waals surface area contributed by atoms with Crippen LogP contribution in [0.15, 0.2) is 30.3 Å². The van der Waals surface area contributed by atoms with E-state index in [9.17, 15) is 4.79 Å². The Labute approximate surface area is 156 Å². The highest BCUT2D eigenvalue weighted by molar-refractivity contribution is 5.85. The van der Waals surface area contributed by atoms with Gasteiger partial charge in [-0.05, 0) is 5.56 Å². The van der Waals surface area contributed by atoms with Gasteiger partial charge in [-0.25, -0.2) is 0 Å². The summed E-state index contributed by atoms with van der Waals surface area (Å²) in [5.74, 6) is 0.661. The van der Waals surface area contributed by atoms with Gasteiger partial charge in [-0.15, -0.1) is 24.8 Å². The minimum Gasteiger partial charge on any atom is -0.340 e. The van der Waals surface area contributed by atoms with E-state index in [1.807, 2.05) is 11.0 Å². The lowest BCUT2D eigenvalue weighted by Gasteiger charge is -2.28. The second-order valence-electron chi connectivity index (χ2n) is 6.32. The average molecular weight is 375 g/mol. The Bertz CT molecular complexity index is 497. The molecule has 7 heteroatoms. The number of piperazine rings is 1. The minimum atomic E-state index is 0. The van der Waals surface area contributed by atoms with Crippen LogP contribution in [0.1, 0.15) is 17.9 Å². The first kappa shape index (κ1) is 21.2. The van der Waals surface area contributed by atoms with Gasteiger partial charge < -0.3 is 20.9 Å². The number of carbonyl (C=O) groups is 1. The number of benzene rings is 1. The highest BCUT2D eigenvalue weighted by Crippen LogP contribution is 2.26. The third-order valence-electron chi connectivity index (χ3n) is 4.78. The molecule has 0 aromatic heterocycles. The first-order valence-electron chi connectivity index (χ1n) is 8.25. The van der Waals surface area contributed by atoms with Crippen LogP contribution < -0.4 is 11.1 Å². The molecular formula is C17H28Cl2N4O. The third-order valence-corrected chi connectivity index (χ3v) is 4.78. The molecule has 3 rings (SSSR count). The summed E-state index contributed by atoms with van der Waals surface area (Å²) in [5.41, 5.74) is 7.62. The van der Waals surface area contributed by atoms with Gasteiger partial charge in [0.2, 0.25) is 5.91 Å². The molecule has 5 nitrogen and oxygen atoms in total. The Morgan fingerprint density at radius 1 is 1.12 bits per heavy atom. The molecule has 3 N–H and O–H groups in total. The molecule has 2 atom stereocenters. The van der Waals surface area contributed by atoms with Crippen LogP contribution in [0.3, 0.4) is 0 Å². The van der Waals surface area contributed by atoms with Gasteiger partial charge >= 0.3 is 0 Å². The quantitative estimate of drug-likeness (QED) is 0.827. The zero-order valence-electron chi connectivity index (χ0n) is 13.9. The first-order valence-corrected chi connectivity index (χ1v) is 8.25. The number of nitrogens with zero attached hydrogens (tertiary/aromatic N) is 2. The highest BCUT2D eigenvalue weighted by Gasteiger charge is 2.31. The molecule has 0 saturated carbocycles. The molecule has 0 unspecified atom stereocenters. The second-order valence-corrected chi connectivity index (χ2v) is 6.32. The highest BCUT2D eigenvalue weighted by atomic mass is 35.5. The summed E-state index contributed by atoms with van der Waals surface area (Å²) in [6.07, 6.45) is 0.605. The van der Waals surface area contributed by atoms with Gasteiger partial charge in [0.15, 0.2) is 0 Å². The van der Waals surface area contributed by atoms with E-state index in [0.717, 1.165) is 45.8 Å². The van der Waals surface area contributed by atoms with E-state index in [0.29, 0.717) is 12.3 Å². The van der Waals surface area contributed by atoms with Crippen LogP contribution in [0.25, 0.3) is 0 Å². The van der Waals surface area contributed by atoms with Crippen LogP contribution in [-0.2, 0) is 4.79 Å². The maximum atomic E-state index is 12.2. The Kier molecular flexibility index (Phi) is 9.02. The van der Waals surface area contributed by atoms with Crippen molar-refractivity contribution in [1.82, 2.24) is 15.1 Å². The number of hydrogen-bond acceptors (Lipinski definition) is 4. The fraction of sp³-hybridized carbons (Fsp3) is 0.588. The van der Waals surface area contributed by atoms with Crippen molar-refractivity contribution in [3.63, 3.8) is 0 Å². The molecule has 0 bridgehead atoms. The molecule has 24 heavy (non-hydrogen) atoms. The van der Waals surface area contributed by atoms with E-state index in [4.69, 9.17) is 5.73 Å². The minimum absolute atomic E-state index is 0. The molecule has 1 amide bonds. The van der Waals surface area contributed by atoms with E-state index >= 15 is 0 Å². The normalized spacial score (nSPS) is 24.1. The third kappa shape index (κ3) is 5.33. The smallest absolute Gasteiger partial charge is 0.223 e. The number of nitrogens with two attached hydrogens (primary N) is 1. The van der Waals surface area contributed by atoms with Crippen molar-refractivity contribution in [3.05, 3.63) is 35.9 Å². The molecule has 0 radical (unpaired) electrons. The average Bonchev–Trinajstić information content (AvgIpc) is 2.95. The topological polar surface area (TPSA) is 61.6 Å². The fourth-order valence-electron chi connectivity index (χ4n) is 3.47. The van der Waals surface area contributed by atoms with E-state index in [1.165, 1.54) is 5.56 Å². The number of carbonyl (C=O) groups excluding carboxylic acids is 1. The molecule has 0 spiro atoms. The van der Waals surface area contributed by atoms with Gasteiger partial charge in [-0.1, -0.05) is 30.3 Å². The fourth-order valence-corrected chi connectivity index (χ4v) is 3.47. The summed E-state index contributed by atoms with van der Waals surface area (Å²) in [4.78, 5) is 16.5. The molecule has 2 aliphatic heterocycles. The predicted molar refractivity (Wildman–Crippen MR) is 102 cm³/mol. The van der Waals surface area contributed by atoms with Crippen LogP contribution >= 0.6 is 24.8 Å². The molecule has 2 fully saturated rings. The monoisotopic (exact) mass is 374 g/mol. The number of nitrogens with one attached hydrogen (secondary N) is 1. The Morgan fingerprint density at radius 2 is 1.79 bits per heavy atom. The standard InChI is InChI=1S/C17H26N4O.2ClH/c18-16-13-20(12-15(16)14-4-2-1-3-5-14)9-6-17(22)21-10-7-19-8-11-21;;/h1-5,15-16,19H,6-13,18H2;2*1H/t15-,16+;;/m0../s1. The summed E-state index contributed by atoms with van der Waals surface area (Å²) < 4.78 is 0. The predicted octanol–water partition coefficient (Wildman–Crippen LogP) is 1.08. The van der Waals surface area contributed by atoms with Crippen molar-refractivity contribution in [1.29, 1.82) is 0 Å². The van der Waals surface area contributed by atoms with Crippen LogP contribution in [0.5, 0.6) is 0 Å². The lowest BCUT2D eigenvalue weighted by atomic mass is 9.95. The van der Waals surface area contributed by atoms with E-state index < -0.39 is 0 Å². The largest absolute Gasteiger partial charge is 0.340 e. The lowest BCUT2D eigenvalue weighted by Crippen LogP contribution is -2.47. The zero-order valence-corrected chi connectivity index (χ0v) is 15.5. The molecule has 2 aliphatic rings. The van der Waals surface area contributed by atoms with Crippen molar-refractivity contribution < 1.29 is 4.79 Å². The first-order chi connectivity index (χ1) is 10.7. The summed E-state index contributed by atoms with van der Waals surface area (Å²) in [6, 6.07) is 10.6. The van der Waals surface area contributed by atoms with Crippen molar-refractivity contribution in [2.75, 3.05) is 45.8 Å². The molecule has 1 aromatic carbocycles. The summed E-state index contributed by atoms with van der Waals surface area (Å²) in [5, 5.41) is 3.28. The maximum Gasteiger partial charge on any atom is 0.223 e. The van der Waals surface area contributed by atoms with Crippen molar-refractivity contribution in [2.24, 2.45) is 5.73 Å². The lowest BCUT2D eigenvalue weighted by molar-refractivity contribution is -0.132. The number of rotatable bonds is 4. The SMILES string of the molecule is Cl.Cl.N[C@@H]1CN(CCC(=O)N2CCNCC2)C[C@H]1c1ccccc1. The molecular weight excluding hydrogens is 347 g/mol. The number of hydrogen-bond donors (Lipinski definition) is 2. The Balaban J connectivity index is 0.00000144. The van der Waals surface area contributed by atoms with Crippen molar-refractivity contribution in [3.8, 4) is 0 Å². The van der Waals surface area contributed by atoms with Gasteiger partial charge in [0.25, 0.3) is 0 Å². The maximum absolute atomic E-state index is 12.2. The second kappa shape index (κ2) is 10.2. The summed E-state index contributed by atoms with van der Waals surface area (Å²) >= 11 is 0. The zero-order chi connectivity index (χ0) is 15.4. The van der Waals surface area contributed by atoms with Gasteiger partial charge in [-0.2, -0.15) is 0 Å². The van der Waals surface area contributed by atoms with E-state index in [1.54, 1.807) is 0 Å². The van der Waals surface area contributed by atoms with Gasteiger partial charge in [0.1, 0.15) is 0 Å². The molecule has 2 saturated heterocycles. The van der Waals surface area contributed by atoms with Crippen LogP contribution in [0.2, 0.25) is 0 Å². The van der Waals surface area contributed by atoms with Gasteiger partial charge in [0, 0.05) is 64.2 Å². The number of amides is 1. The van der Waals surface area contributed by atoms with Crippen molar-refractivity contribution in [2.45, 2.75) is 18.4 Å². The Hall–Kier alpha value is -0.850. The van der Waals surface area contributed by atoms with Crippen LogP contribution in [-0.4, -0.2) is 67.6 Å². The van der Waals surface area contributed by atoms with Crippen molar-refractivity contribution >= 4 is 30.7 Å². The van der Waals surface area contributed by atoms with Gasteiger partial charge in [-0.3, -0.25) is 4.79 Å². The molecule has 0 aliphatic carbocycles. The number of likely N-dealkylation sites (tertiary alicyclic amines) is 1. The van der Waals surface area contributed by atoms with Crippen LogP contribution in [0.4, 0.5) is 0 Å². The molecule has 136 valence electrons. The number of halogens is 2. The summed E-state index contributed by atoms with van der Waals surface area (Å²) in [7, 11) is 0. The van der Waals surface area contributed by atoms with E-state index in [-0.39, 0.29) is 36.8 Å². The molecule has 2 heterocycles. The summed E-state index contributed by atoms with van der Waals surface area (Å²) in [6.45, 7) is 6.16. The van der Waals surface area contributed by atoms with Crippen LogP contribution in [0, 0.1) is 0 Å². The van der Waals surface area contributed by atoms with E-state index in [2.05, 4.69) is 34.5 Å². The van der Waals surface area contributed by atoms with Gasteiger partial charge in [0.05, 0.1) is 0 Å². The Morgan fingerprint density at radius 3 is 2.46 bits per heavy atom.